The van der Waals surface area contributed by atoms with Crippen molar-refractivity contribution < 1.29 is 27.9 Å². The predicted octanol–water partition coefficient (Wildman–Crippen LogP) is 4.15. The summed E-state index contributed by atoms with van der Waals surface area (Å²) in [7, 11) is 0. The number of aliphatic hydroxyl groups is 1. The van der Waals surface area contributed by atoms with Crippen molar-refractivity contribution in [3.05, 3.63) is 52.2 Å². The topological polar surface area (TPSA) is 113 Å². The van der Waals surface area contributed by atoms with Crippen LogP contribution in [0.3, 0.4) is 0 Å². The van der Waals surface area contributed by atoms with Crippen molar-refractivity contribution in [2.75, 3.05) is 30.3 Å². The van der Waals surface area contributed by atoms with E-state index in [9.17, 15) is 28.4 Å². The summed E-state index contributed by atoms with van der Waals surface area (Å²) < 4.78 is 42.0. The molecular weight excluding hydrogens is 467 g/mol. The zero-order chi connectivity index (χ0) is 25.0. The van der Waals surface area contributed by atoms with Crippen molar-refractivity contribution in [1.29, 1.82) is 0 Å². The normalized spacial score (nSPS) is 21.3. The lowest BCUT2D eigenvalue weighted by atomic mass is 9.84. The number of aromatic nitrogens is 1. The summed E-state index contributed by atoms with van der Waals surface area (Å²) in [6, 6.07) is 7.74. The van der Waals surface area contributed by atoms with Gasteiger partial charge in [-0.3, -0.25) is 15.0 Å². The lowest BCUT2D eigenvalue weighted by Crippen LogP contribution is -2.56. The first-order chi connectivity index (χ1) is 16.7. The smallest absolute Gasteiger partial charge is 0.405 e. The van der Waals surface area contributed by atoms with Crippen molar-refractivity contribution in [2.24, 2.45) is 5.92 Å². The molecule has 0 amide bonds. The Morgan fingerprint density at radius 3 is 2.54 bits per heavy atom. The molecular formula is C23H28F3N5O4. The Hall–Kier alpha value is -3.12. The maximum Gasteiger partial charge on any atom is 0.573 e. The van der Waals surface area contributed by atoms with Crippen LogP contribution < -0.4 is 15.4 Å². The molecule has 1 aromatic carbocycles. The van der Waals surface area contributed by atoms with E-state index in [1.165, 1.54) is 24.3 Å². The number of likely N-dealkylation sites (tertiary alicyclic amines) is 1. The third-order valence-corrected chi connectivity index (χ3v) is 6.54. The maximum atomic E-state index is 12.7. The van der Waals surface area contributed by atoms with Crippen LogP contribution in [0.25, 0.3) is 0 Å². The number of hydrogen-bond donors (Lipinski definition) is 3. The lowest BCUT2D eigenvalue weighted by Gasteiger charge is -2.44. The molecule has 0 bridgehead atoms. The van der Waals surface area contributed by atoms with Gasteiger partial charge >= 0.3 is 12.0 Å². The van der Waals surface area contributed by atoms with Crippen molar-refractivity contribution >= 4 is 17.2 Å². The maximum absolute atomic E-state index is 12.7. The van der Waals surface area contributed by atoms with E-state index < -0.39 is 11.3 Å². The summed E-state index contributed by atoms with van der Waals surface area (Å²) in [5.74, 6) is 0.337. The number of rotatable bonds is 9. The van der Waals surface area contributed by atoms with Gasteiger partial charge in [-0.05, 0) is 37.7 Å². The van der Waals surface area contributed by atoms with Crippen LogP contribution in [0.4, 0.5) is 30.4 Å². The summed E-state index contributed by atoms with van der Waals surface area (Å²) in [4.78, 5) is 17.3. The quantitative estimate of drug-likeness (QED) is 0.351. The van der Waals surface area contributed by atoms with Gasteiger partial charge in [-0.1, -0.05) is 18.2 Å². The van der Waals surface area contributed by atoms with Gasteiger partial charge in [0.05, 0.1) is 11.0 Å². The highest BCUT2D eigenvalue weighted by Crippen LogP contribution is 2.32. The zero-order valence-corrected chi connectivity index (χ0v) is 19.0. The molecule has 2 aromatic rings. The molecule has 2 heterocycles. The first-order valence-electron chi connectivity index (χ1n) is 11.6. The fourth-order valence-corrected chi connectivity index (χ4v) is 4.65. The van der Waals surface area contributed by atoms with Crippen molar-refractivity contribution in [2.45, 2.75) is 50.7 Å². The van der Waals surface area contributed by atoms with Crippen LogP contribution in [-0.4, -0.2) is 58.1 Å². The van der Waals surface area contributed by atoms with E-state index in [1.807, 2.05) is 0 Å². The van der Waals surface area contributed by atoms with Gasteiger partial charge in [0, 0.05) is 43.9 Å². The highest BCUT2D eigenvalue weighted by Gasteiger charge is 2.34. The van der Waals surface area contributed by atoms with Gasteiger partial charge in [0.2, 0.25) is 0 Å². The van der Waals surface area contributed by atoms with Gasteiger partial charge in [0.1, 0.15) is 23.5 Å². The molecule has 1 aliphatic heterocycles. The summed E-state index contributed by atoms with van der Waals surface area (Å²) >= 11 is 0. The average molecular weight is 496 g/mol. The Bertz CT molecular complexity index is 1020. The Morgan fingerprint density at radius 1 is 1.17 bits per heavy atom. The van der Waals surface area contributed by atoms with E-state index in [4.69, 9.17) is 0 Å². The third-order valence-electron chi connectivity index (χ3n) is 6.54. The van der Waals surface area contributed by atoms with E-state index >= 15 is 0 Å². The number of halogens is 3. The molecule has 190 valence electrons. The van der Waals surface area contributed by atoms with Crippen LogP contribution in [0, 0.1) is 16.0 Å². The first kappa shape index (κ1) is 25.0. The number of β-amino-alcohol motifs (C(OH)–C–C–N with tert-alkyl or cyclic N) is 1. The SMILES string of the molecule is O=[N+]([O-])c1cnc(NCc2ccccc2OC(F)(F)F)cc1NCC1CCC(N2CC(O)C2)CC1. The van der Waals surface area contributed by atoms with Crippen LogP contribution in [0.5, 0.6) is 5.75 Å². The van der Waals surface area contributed by atoms with Crippen LogP contribution in [-0.2, 0) is 6.54 Å². The fraction of sp³-hybridized carbons (Fsp3) is 0.522. The van der Waals surface area contributed by atoms with E-state index in [2.05, 4.69) is 25.3 Å². The largest absolute Gasteiger partial charge is 0.573 e. The van der Waals surface area contributed by atoms with Gasteiger partial charge in [-0.15, -0.1) is 13.2 Å². The van der Waals surface area contributed by atoms with E-state index in [0.29, 0.717) is 30.0 Å². The van der Waals surface area contributed by atoms with Crippen molar-refractivity contribution in [1.82, 2.24) is 9.88 Å². The number of hydrogen-bond acceptors (Lipinski definition) is 8. The Labute approximate surface area is 200 Å². The van der Waals surface area contributed by atoms with Crippen LogP contribution in [0.1, 0.15) is 31.2 Å². The minimum absolute atomic E-state index is 0.00822. The second-order valence-corrected chi connectivity index (χ2v) is 9.02. The molecule has 0 unspecified atom stereocenters. The lowest BCUT2D eigenvalue weighted by molar-refractivity contribution is -0.384. The number of nitrogens with zero attached hydrogens (tertiary/aromatic N) is 3. The van der Waals surface area contributed by atoms with Gasteiger partial charge in [-0.25, -0.2) is 4.98 Å². The molecule has 12 heteroatoms. The van der Waals surface area contributed by atoms with Gasteiger partial charge in [0.25, 0.3) is 0 Å². The fourth-order valence-electron chi connectivity index (χ4n) is 4.65. The Balaban J connectivity index is 1.35. The molecule has 1 aliphatic carbocycles. The average Bonchev–Trinajstić information content (AvgIpc) is 2.79. The highest BCUT2D eigenvalue weighted by molar-refractivity contribution is 5.65. The minimum atomic E-state index is -4.81. The molecule has 1 saturated heterocycles. The van der Waals surface area contributed by atoms with Crippen LogP contribution in [0.2, 0.25) is 0 Å². The number of benzene rings is 1. The molecule has 1 aromatic heterocycles. The first-order valence-corrected chi connectivity index (χ1v) is 11.6. The summed E-state index contributed by atoms with van der Waals surface area (Å²) in [5, 5.41) is 27.1. The number of para-hydroxylation sites is 1. The number of nitrogens with one attached hydrogen (secondary N) is 2. The molecule has 0 radical (unpaired) electrons. The molecule has 3 N–H and O–H groups in total. The second kappa shape index (κ2) is 10.6. The second-order valence-electron chi connectivity index (χ2n) is 9.02. The molecule has 4 rings (SSSR count). The van der Waals surface area contributed by atoms with Gasteiger partial charge < -0.3 is 20.5 Å². The summed E-state index contributed by atoms with van der Waals surface area (Å²) in [5.41, 5.74) is 0.408. The predicted molar refractivity (Wildman–Crippen MR) is 123 cm³/mol. The Morgan fingerprint density at radius 2 is 1.89 bits per heavy atom. The summed E-state index contributed by atoms with van der Waals surface area (Å²) in [6.07, 6.45) is 0.153. The van der Waals surface area contributed by atoms with E-state index in [-0.39, 0.29) is 29.6 Å². The minimum Gasteiger partial charge on any atom is -0.405 e. The van der Waals surface area contributed by atoms with Crippen molar-refractivity contribution in [3.8, 4) is 5.75 Å². The third kappa shape index (κ3) is 6.73. The molecule has 2 aliphatic rings. The number of ether oxygens (including phenoxy) is 1. The molecule has 35 heavy (non-hydrogen) atoms. The number of nitro groups is 1. The number of pyridine rings is 1. The summed E-state index contributed by atoms with van der Waals surface area (Å²) in [6.45, 7) is 2.03. The molecule has 0 spiro atoms. The van der Waals surface area contributed by atoms with Crippen molar-refractivity contribution in [3.63, 3.8) is 0 Å². The molecule has 2 fully saturated rings. The number of aliphatic hydroxyl groups excluding tert-OH is 1. The number of alkyl halides is 3. The number of anilines is 2. The zero-order valence-electron chi connectivity index (χ0n) is 19.0. The van der Waals surface area contributed by atoms with Crippen LogP contribution >= 0.6 is 0 Å². The van der Waals surface area contributed by atoms with Gasteiger partial charge in [-0.2, -0.15) is 0 Å². The van der Waals surface area contributed by atoms with E-state index in [0.717, 1.165) is 45.0 Å². The highest BCUT2D eigenvalue weighted by atomic mass is 19.4. The van der Waals surface area contributed by atoms with E-state index in [1.54, 1.807) is 6.07 Å². The van der Waals surface area contributed by atoms with Gasteiger partial charge in [0.15, 0.2) is 0 Å². The van der Waals surface area contributed by atoms with Crippen LogP contribution in [0.15, 0.2) is 36.5 Å². The standard InChI is InChI=1S/C23H28F3N5O4/c24-23(25,26)35-21-4-2-1-3-16(21)11-28-22-9-19(20(12-29-22)31(33)34)27-10-15-5-7-17(8-6-15)30-13-18(32)14-30/h1-4,9,12,15,17-18,32H,5-8,10-11,13-14H2,(H2,27,28,29). The molecule has 9 nitrogen and oxygen atoms in total. The molecule has 1 saturated carbocycles. The monoisotopic (exact) mass is 495 g/mol. The Kier molecular flexibility index (Phi) is 7.60. The molecule has 0 atom stereocenters.